The highest BCUT2D eigenvalue weighted by molar-refractivity contribution is 7.85. The van der Waals surface area contributed by atoms with E-state index in [-0.39, 0.29) is 12.0 Å². The van der Waals surface area contributed by atoms with Crippen molar-refractivity contribution in [1.82, 2.24) is 4.57 Å². The summed E-state index contributed by atoms with van der Waals surface area (Å²) in [5.41, 5.74) is 0.932. The lowest BCUT2D eigenvalue weighted by atomic mass is 10.2. The van der Waals surface area contributed by atoms with Gasteiger partial charge in [0.05, 0.1) is 5.75 Å². The average Bonchev–Trinajstić information content (AvgIpc) is 2.46. The molecule has 2 N–H and O–H groups in total. The summed E-state index contributed by atoms with van der Waals surface area (Å²) in [6, 6.07) is 11.3. The molecule has 0 atom stereocenters. The number of aromatic nitrogens is 1. The molecule has 0 saturated heterocycles. The normalized spacial score (nSPS) is 11.1. The molecule has 0 saturated carbocycles. The lowest BCUT2D eigenvalue weighted by Crippen LogP contribution is -2.17. The van der Waals surface area contributed by atoms with Crippen molar-refractivity contribution in [1.29, 1.82) is 0 Å². The molecule has 1 heterocycles. The van der Waals surface area contributed by atoms with E-state index in [4.69, 9.17) is 4.55 Å². The van der Waals surface area contributed by atoms with Crippen LogP contribution in [0.5, 0.6) is 0 Å². The van der Waals surface area contributed by atoms with Gasteiger partial charge in [0.1, 0.15) is 0 Å². The molecule has 2 rings (SSSR count). The van der Waals surface area contributed by atoms with Crippen LogP contribution < -0.4 is 10.9 Å². The van der Waals surface area contributed by atoms with Crippen molar-refractivity contribution in [2.45, 2.75) is 6.42 Å². The molecule has 7 nitrogen and oxygen atoms in total. The Hall–Kier alpha value is -2.45. The van der Waals surface area contributed by atoms with Gasteiger partial charge < -0.3 is 5.32 Å². The van der Waals surface area contributed by atoms with Crippen LogP contribution in [-0.4, -0.2) is 29.2 Å². The van der Waals surface area contributed by atoms with Crippen molar-refractivity contribution < 1.29 is 17.8 Å². The van der Waals surface area contributed by atoms with Gasteiger partial charge in [-0.3, -0.25) is 18.7 Å². The second-order valence-corrected chi connectivity index (χ2v) is 6.11. The summed E-state index contributed by atoms with van der Waals surface area (Å²) < 4.78 is 31.2. The minimum atomic E-state index is -4.16. The molecule has 1 aromatic heterocycles. The van der Waals surface area contributed by atoms with Crippen molar-refractivity contribution in [3.05, 3.63) is 59.0 Å². The Morgan fingerprint density at radius 2 is 1.82 bits per heavy atom. The maximum atomic E-state index is 11.7. The molecule has 0 unspecified atom stereocenters. The average molecular weight is 322 g/mol. The Kier molecular flexibility index (Phi) is 4.74. The smallest absolute Gasteiger partial charge is 0.265 e. The van der Waals surface area contributed by atoms with Gasteiger partial charge >= 0.3 is 0 Å². The highest BCUT2D eigenvalue weighted by Gasteiger charge is 2.09. The first kappa shape index (κ1) is 15.9. The van der Waals surface area contributed by atoms with Gasteiger partial charge in [-0.1, -0.05) is 6.07 Å². The number of amides is 1. The number of hydrogen-bond donors (Lipinski definition) is 2. The van der Waals surface area contributed by atoms with Gasteiger partial charge in [-0.15, -0.1) is 0 Å². The minimum absolute atomic E-state index is 0.174. The van der Waals surface area contributed by atoms with E-state index in [0.717, 1.165) is 0 Å². The van der Waals surface area contributed by atoms with E-state index in [1.807, 2.05) is 0 Å². The summed E-state index contributed by atoms with van der Waals surface area (Å²) in [5, 5.41) is 2.51. The van der Waals surface area contributed by atoms with Crippen LogP contribution >= 0.6 is 0 Å². The molecular formula is C14H14N2O5S. The summed E-state index contributed by atoms with van der Waals surface area (Å²) in [6.07, 6.45) is 1.29. The van der Waals surface area contributed by atoms with Crippen LogP contribution in [0.15, 0.2) is 53.5 Å². The fraction of sp³-hybridized carbons (Fsp3) is 0.143. The van der Waals surface area contributed by atoms with Crippen molar-refractivity contribution in [2.24, 2.45) is 0 Å². The molecule has 0 spiro atoms. The molecule has 0 bridgehead atoms. The number of benzene rings is 1. The summed E-state index contributed by atoms with van der Waals surface area (Å²) in [6.45, 7) is 0. The zero-order valence-corrected chi connectivity index (χ0v) is 12.3. The van der Waals surface area contributed by atoms with Gasteiger partial charge in [0.15, 0.2) is 0 Å². The maximum absolute atomic E-state index is 11.7. The second kappa shape index (κ2) is 6.54. The van der Waals surface area contributed by atoms with E-state index in [0.29, 0.717) is 11.4 Å². The van der Waals surface area contributed by atoms with Gasteiger partial charge in [-0.05, 0) is 30.3 Å². The van der Waals surface area contributed by atoms with E-state index < -0.39 is 21.8 Å². The molecule has 116 valence electrons. The third-order valence-electron chi connectivity index (χ3n) is 2.84. The van der Waals surface area contributed by atoms with Crippen molar-refractivity contribution in [2.75, 3.05) is 11.1 Å². The van der Waals surface area contributed by atoms with Gasteiger partial charge in [-0.25, -0.2) is 0 Å². The fourth-order valence-corrected chi connectivity index (χ4v) is 2.23. The molecule has 8 heteroatoms. The van der Waals surface area contributed by atoms with Crippen molar-refractivity contribution >= 4 is 21.7 Å². The summed E-state index contributed by atoms with van der Waals surface area (Å²) in [7, 11) is -4.16. The third-order valence-corrected chi connectivity index (χ3v) is 3.56. The SMILES string of the molecule is O=C(CCS(=O)(=O)O)Nc1ccc(-n2ccccc2=O)cc1. The molecule has 1 aromatic carbocycles. The Morgan fingerprint density at radius 1 is 1.14 bits per heavy atom. The van der Waals surface area contributed by atoms with E-state index in [9.17, 15) is 18.0 Å². The van der Waals surface area contributed by atoms with Gasteiger partial charge in [0.2, 0.25) is 5.91 Å². The predicted octanol–water partition coefficient (Wildman–Crippen LogP) is 1.05. The molecule has 0 aliphatic heterocycles. The number of carbonyl (C=O) groups excluding carboxylic acids is 1. The third kappa shape index (κ3) is 4.54. The number of pyridine rings is 1. The minimum Gasteiger partial charge on any atom is -0.326 e. The summed E-state index contributed by atoms with van der Waals surface area (Å²) >= 11 is 0. The fourth-order valence-electron chi connectivity index (χ4n) is 1.79. The Labute approximate surface area is 127 Å². The zero-order valence-electron chi connectivity index (χ0n) is 11.5. The molecule has 0 radical (unpaired) electrons. The van der Waals surface area contributed by atoms with E-state index in [1.165, 1.54) is 10.6 Å². The van der Waals surface area contributed by atoms with Crippen LogP contribution in [0.2, 0.25) is 0 Å². The second-order valence-electron chi connectivity index (χ2n) is 4.54. The monoisotopic (exact) mass is 322 g/mol. The Morgan fingerprint density at radius 3 is 2.41 bits per heavy atom. The largest absolute Gasteiger partial charge is 0.326 e. The first-order valence-corrected chi connectivity index (χ1v) is 7.99. The highest BCUT2D eigenvalue weighted by atomic mass is 32.2. The molecular weight excluding hydrogens is 308 g/mol. The van der Waals surface area contributed by atoms with Crippen molar-refractivity contribution in [3.63, 3.8) is 0 Å². The lowest BCUT2D eigenvalue weighted by Gasteiger charge is -2.08. The van der Waals surface area contributed by atoms with Gasteiger partial charge in [-0.2, -0.15) is 8.42 Å². The topological polar surface area (TPSA) is 105 Å². The highest BCUT2D eigenvalue weighted by Crippen LogP contribution is 2.12. The van der Waals surface area contributed by atoms with Crippen LogP contribution in [0.25, 0.3) is 5.69 Å². The summed E-state index contributed by atoms with van der Waals surface area (Å²) in [5.74, 6) is -1.15. The van der Waals surface area contributed by atoms with Crippen LogP contribution in [-0.2, 0) is 14.9 Å². The number of anilines is 1. The molecule has 0 aliphatic rings. The van der Waals surface area contributed by atoms with Crippen LogP contribution in [0.1, 0.15) is 6.42 Å². The van der Waals surface area contributed by atoms with Crippen LogP contribution in [0.3, 0.4) is 0 Å². The van der Waals surface area contributed by atoms with E-state index >= 15 is 0 Å². The molecule has 2 aromatic rings. The number of hydrogen-bond acceptors (Lipinski definition) is 4. The quantitative estimate of drug-likeness (QED) is 0.801. The van der Waals surface area contributed by atoms with Crippen molar-refractivity contribution in [3.8, 4) is 5.69 Å². The molecule has 0 fully saturated rings. The first-order chi connectivity index (χ1) is 10.3. The number of rotatable bonds is 5. The molecule has 1 amide bonds. The van der Waals surface area contributed by atoms with Crippen LogP contribution in [0.4, 0.5) is 5.69 Å². The summed E-state index contributed by atoms with van der Waals surface area (Å²) in [4.78, 5) is 23.2. The molecule has 22 heavy (non-hydrogen) atoms. The van der Waals surface area contributed by atoms with E-state index in [2.05, 4.69) is 5.32 Å². The molecule has 0 aliphatic carbocycles. The standard InChI is InChI=1S/C14H14N2O5S/c17-13(8-10-22(19,20)21)15-11-4-6-12(7-5-11)16-9-2-1-3-14(16)18/h1-7,9H,8,10H2,(H,15,17)(H,19,20,21). The first-order valence-electron chi connectivity index (χ1n) is 6.38. The lowest BCUT2D eigenvalue weighted by molar-refractivity contribution is -0.115. The Bertz CT molecular complexity index is 825. The van der Waals surface area contributed by atoms with E-state index in [1.54, 1.807) is 42.6 Å². The number of nitrogens with zero attached hydrogens (tertiary/aromatic N) is 1. The zero-order chi connectivity index (χ0) is 16.2. The number of nitrogens with one attached hydrogen (secondary N) is 1. The Balaban J connectivity index is 2.05. The van der Waals surface area contributed by atoms with Crippen LogP contribution in [0, 0.1) is 0 Å². The predicted molar refractivity (Wildman–Crippen MR) is 81.7 cm³/mol. The van der Waals surface area contributed by atoms with Gasteiger partial charge in [0, 0.05) is 30.1 Å². The number of carbonyl (C=O) groups is 1. The maximum Gasteiger partial charge on any atom is 0.265 e. The van der Waals surface area contributed by atoms with Gasteiger partial charge in [0.25, 0.3) is 15.7 Å².